The molecule has 0 saturated heterocycles. The topological polar surface area (TPSA) is 74.7 Å². The summed E-state index contributed by atoms with van der Waals surface area (Å²) in [5.74, 6) is -0.375. The Kier molecular flexibility index (Phi) is 3.28. The highest BCUT2D eigenvalue weighted by molar-refractivity contribution is 5.82. The largest absolute Gasteiger partial charge is 0.332 e. The van der Waals surface area contributed by atoms with E-state index in [9.17, 15) is 14.0 Å². The second-order valence-corrected chi connectivity index (χ2v) is 5.89. The number of nitrogens with zero attached hydrogens (tertiary/aromatic N) is 5. The van der Waals surface area contributed by atoms with E-state index in [1.165, 1.54) is 30.1 Å². The summed E-state index contributed by atoms with van der Waals surface area (Å²) in [7, 11) is 2.97. The first-order valence-electron chi connectivity index (χ1n) is 7.61. The Morgan fingerprint density at radius 1 is 1.12 bits per heavy atom. The van der Waals surface area contributed by atoms with Crippen LogP contribution in [-0.4, -0.2) is 23.7 Å². The molecule has 8 heteroatoms. The van der Waals surface area contributed by atoms with E-state index in [-0.39, 0.29) is 17.9 Å². The fourth-order valence-electron chi connectivity index (χ4n) is 3.05. The molecular formula is C17H14FN5O2. The van der Waals surface area contributed by atoms with Gasteiger partial charge in [-0.05, 0) is 18.2 Å². The molecular weight excluding hydrogens is 325 g/mol. The average molecular weight is 339 g/mol. The maximum absolute atomic E-state index is 13.9. The third-order valence-corrected chi connectivity index (χ3v) is 4.31. The molecule has 1 aromatic carbocycles. The zero-order valence-electron chi connectivity index (χ0n) is 13.6. The predicted molar refractivity (Wildman–Crippen MR) is 91.0 cm³/mol. The van der Waals surface area contributed by atoms with Crippen molar-refractivity contribution < 1.29 is 4.39 Å². The van der Waals surface area contributed by atoms with Crippen LogP contribution in [0.4, 0.5) is 4.39 Å². The quantitative estimate of drug-likeness (QED) is 0.549. The molecule has 0 bridgehead atoms. The van der Waals surface area contributed by atoms with Crippen molar-refractivity contribution in [3.8, 4) is 0 Å². The summed E-state index contributed by atoms with van der Waals surface area (Å²) in [5.41, 5.74) is 0.989. The molecule has 0 fully saturated rings. The lowest BCUT2D eigenvalue weighted by atomic mass is 10.1. The number of imidazole rings is 1. The molecule has 0 amide bonds. The lowest BCUT2D eigenvalue weighted by Crippen LogP contribution is -2.37. The summed E-state index contributed by atoms with van der Waals surface area (Å²) < 4.78 is 17.9. The molecule has 0 spiro atoms. The zero-order chi connectivity index (χ0) is 17.7. The van der Waals surface area contributed by atoms with Crippen molar-refractivity contribution in [3.05, 3.63) is 69.0 Å². The maximum atomic E-state index is 13.9. The van der Waals surface area contributed by atoms with Gasteiger partial charge < -0.3 is 4.57 Å². The van der Waals surface area contributed by atoms with Gasteiger partial charge in [0, 0.05) is 31.2 Å². The van der Waals surface area contributed by atoms with Gasteiger partial charge in [0.05, 0.1) is 18.4 Å². The minimum atomic E-state index is -0.444. The fourth-order valence-corrected chi connectivity index (χ4v) is 3.05. The van der Waals surface area contributed by atoms with Crippen molar-refractivity contribution in [3.63, 3.8) is 0 Å². The van der Waals surface area contributed by atoms with Crippen LogP contribution < -0.4 is 11.2 Å². The molecule has 126 valence electrons. The standard InChI is InChI=1S/C17H14FN5O2/c1-21-15-14(16(24)22(2)17(21)25)23(9-20-15)8-11-7-12(18)6-10-4-3-5-19-13(10)11/h3-7,9H,8H2,1-2H3. The van der Waals surface area contributed by atoms with E-state index in [1.54, 1.807) is 29.9 Å². The zero-order valence-corrected chi connectivity index (χ0v) is 13.6. The van der Waals surface area contributed by atoms with Gasteiger partial charge in [-0.25, -0.2) is 14.2 Å². The van der Waals surface area contributed by atoms with Crippen LogP contribution in [0.1, 0.15) is 5.56 Å². The van der Waals surface area contributed by atoms with Crippen LogP contribution in [0.3, 0.4) is 0 Å². The third-order valence-electron chi connectivity index (χ3n) is 4.31. The van der Waals surface area contributed by atoms with Gasteiger partial charge in [0.25, 0.3) is 5.56 Å². The van der Waals surface area contributed by atoms with Gasteiger partial charge >= 0.3 is 5.69 Å². The first-order valence-corrected chi connectivity index (χ1v) is 7.61. The minimum absolute atomic E-state index is 0.217. The molecule has 0 aliphatic carbocycles. The lowest BCUT2D eigenvalue weighted by Gasteiger charge is -2.09. The number of fused-ring (bicyclic) bond motifs is 2. The molecule has 7 nitrogen and oxygen atoms in total. The molecule has 4 rings (SSSR count). The molecule has 3 aromatic heterocycles. The van der Waals surface area contributed by atoms with Gasteiger partial charge in [-0.15, -0.1) is 0 Å². The van der Waals surface area contributed by atoms with E-state index in [0.717, 1.165) is 4.57 Å². The number of benzene rings is 1. The summed E-state index contributed by atoms with van der Waals surface area (Å²) in [4.78, 5) is 33.0. The van der Waals surface area contributed by atoms with Gasteiger partial charge in [-0.1, -0.05) is 6.07 Å². The van der Waals surface area contributed by atoms with Crippen LogP contribution in [0.2, 0.25) is 0 Å². The van der Waals surface area contributed by atoms with Crippen molar-refractivity contribution in [2.45, 2.75) is 6.54 Å². The maximum Gasteiger partial charge on any atom is 0.332 e. The van der Waals surface area contributed by atoms with Crippen LogP contribution >= 0.6 is 0 Å². The SMILES string of the molecule is Cn1c(=O)c2c(ncn2Cc2cc(F)cc3cccnc23)n(C)c1=O. The van der Waals surface area contributed by atoms with Gasteiger partial charge in [0.15, 0.2) is 11.2 Å². The summed E-state index contributed by atoms with van der Waals surface area (Å²) in [6.45, 7) is 0.217. The number of pyridine rings is 1. The van der Waals surface area contributed by atoms with E-state index in [0.29, 0.717) is 22.1 Å². The molecule has 0 saturated carbocycles. The van der Waals surface area contributed by atoms with Gasteiger partial charge in [-0.3, -0.25) is 18.9 Å². The highest BCUT2D eigenvalue weighted by Gasteiger charge is 2.15. The van der Waals surface area contributed by atoms with Gasteiger partial charge in [-0.2, -0.15) is 0 Å². The Hall–Kier alpha value is -3.29. The van der Waals surface area contributed by atoms with E-state index < -0.39 is 11.2 Å². The average Bonchev–Trinajstić information content (AvgIpc) is 3.01. The molecule has 0 aliphatic rings. The lowest BCUT2D eigenvalue weighted by molar-refractivity contribution is 0.626. The number of hydrogen-bond acceptors (Lipinski definition) is 4. The molecule has 0 unspecified atom stereocenters. The Labute approximate surface area is 140 Å². The first kappa shape index (κ1) is 15.3. The molecule has 0 atom stereocenters. The summed E-state index contributed by atoms with van der Waals surface area (Å²) >= 11 is 0. The molecule has 4 aromatic rings. The van der Waals surface area contributed by atoms with Crippen molar-refractivity contribution >= 4 is 22.1 Å². The van der Waals surface area contributed by atoms with Crippen molar-refractivity contribution in [2.24, 2.45) is 14.1 Å². The van der Waals surface area contributed by atoms with Crippen LogP contribution in [0, 0.1) is 5.82 Å². The van der Waals surface area contributed by atoms with Crippen molar-refractivity contribution in [2.75, 3.05) is 0 Å². The second kappa shape index (κ2) is 5.37. The third kappa shape index (κ3) is 2.25. The number of rotatable bonds is 2. The Balaban J connectivity index is 1.97. The van der Waals surface area contributed by atoms with Gasteiger partial charge in [0.2, 0.25) is 0 Å². The normalized spacial score (nSPS) is 11.5. The van der Waals surface area contributed by atoms with Crippen LogP contribution in [0.25, 0.3) is 22.1 Å². The number of aromatic nitrogens is 5. The highest BCUT2D eigenvalue weighted by atomic mass is 19.1. The second-order valence-electron chi connectivity index (χ2n) is 5.89. The summed E-state index contributed by atoms with van der Waals surface area (Å²) in [5, 5.41) is 0.683. The van der Waals surface area contributed by atoms with E-state index in [2.05, 4.69) is 9.97 Å². The summed E-state index contributed by atoms with van der Waals surface area (Å²) in [6.07, 6.45) is 3.11. The Morgan fingerprint density at radius 2 is 1.92 bits per heavy atom. The molecule has 0 radical (unpaired) electrons. The number of halogens is 1. The monoisotopic (exact) mass is 339 g/mol. The molecule has 25 heavy (non-hydrogen) atoms. The van der Waals surface area contributed by atoms with Crippen molar-refractivity contribution in [1.82, 2.24) is 23.7 Å². The molecule has 3 heterocycles. The fraction of sp³-hybridized carbons (Fsp3) is 0.176. The Morgan fingerprint density at radius 3 is 2.72 bits per heavy atom. The van der Waals surface area contributed by atoms with E-state index >= 15 is 0 Å². The van der Waals surface area contributed by atoms with Crippen LogP contribution in [-0.2, 0) is 20.6 Å². The van der Waals surface area contributed by atoms with Gasteiger partial charge in [0.1, 0.15) is 5.82 Å². The highest BCUT2D eigenvalue weighted by Crippen LogP contribution is 2.20. The number of aryl methyl sites for hydroxylation is 1. The van der Waals surface area contributed by atoms with Crippen LogP contribution in [0.5, 0.6) is 0 Å². The number of hydrogen-bond donors (Lipinski definition) is 0. The summed E-state index contributed by atoms with van der Waals surface area (Å²) in [6, 6.07) is 6.33. The van der Waals surface area contributed by atoms with E-state index in [1.807, 2.05) is 0 Å². The molecule has 0 N–H and O–H groups in total. The smallest absolute Gasteiger partial charge is 0.320 e. The van der Waals surface area contributed by atoms with Crippen LogP contribution in [0.15, 0.2) is 46.4 Å². The van der Waals surface area contributed by atoms with E-state index in [4.69, 9.17) is 0 Å². The molecule has 0 aliphatic heterocycles. The first-order chi connectivity index (χ1) is 12.0. The predicted octanol–water partition coefficient (Wildman–Crippen LogP) is 1.17. The Bertz CT molecular complexity index is 1250. The minimum Gasteiger partial charge on any atom is -0.320 e. The van der Waals surface area contributed by atoms with Crippen molar-refractivity contribution in [1.29, 1.82) is 0 Å².